The number of aliphatic imine (C=N–C) groups is 2. The van der Waals surface area contributed by atoms with Gasteiger partial charge in [0.05, 0.1) is 10.3 Å². The van der Waals surface area contributed by atoms with Gasteiger partial charge in [0.25, 0.3) is 0 Å². The summed E-state index contributed by atoms with van der Waals surface area (Å²) in [7, 11) is -11.4. The van der Waals surface area contributed by atoms with Crippen LogP contribution in [0.1, 0.15) is 12.0 Å². The van der Waals surface area contributed by atoms with Crippen molar-refractivity contribution in [3.05, 3.63) is 54.1 Å². The van der Waals surface area contributed by atoms with Crippen LogP contribution in [0.5, 0.6) is 0 Å². The third-order valence-corrected chi connectivity index (χ3v) is 8.14. The molecule has 0 aromatic heterocycles. The molecule has 0 bridgehead atoms. The maximum absolute atomic E-state index is 12.1. The molecule has 1 aromatic rings. The van der Waals surface area contributed by atoms with Crippen molar-refractivity contribution in [2.45, 2.75) is 16.2 Å². The molecule has 1 aliphatic carbocycles. The first-order chi connectivity index (χ1) is 13.0. The van der Waals surface area contributed by atoms with Gasteiger partial charge in [-0.1, -0.05) is 48.6 Å². The Morgan fingerprint density at radius 3 is 1.93 bits per heavy atom. The minimum atomic E-state index is -5.70. The minimum Gasteiger partial charge on any atom is -0.747 e. The van der Waals surface area contributed by atoms with Crippen molar-refractivity contribution in [2.75, 3.05) is 0 Å². The van der Waals surface area contributed by atoms with Crippen LogP contribution in [0.3, 0.4) is 0 Å². The van der Waals surface area contributed by atoms with E-state index in [1.165, 1.54) is 12.2 Å². The summed E-state index contributed by atoms with van der Waals surface area (Å²) in [6, 6.07) is 8.48. The Hall–Kier alpha value is 0.120. The van der Waals surface area contributed by atoms with E-state index in [9.17, 15) is 25.9 Å². The van der Waals surface area contributed by atoms with E-state index in [1.54, 1.807) is 30.3 Å². The van der Waals surface area contributed by atoms with Crippen LogP contribution in [-0.4, -0.2) is 46.0 Å². The number of rotatable bonds is 6. The molecular weight excluding hydrogens is 490 g/mol. The van der Waals surface area contributed by atoms with Crippen molar-refractivity contribution in [1.82, 2.24) is 0 Å². The molecule has 0 spiro atoms. The van der Waals surface area contributed by atoms with Gasteiger partial charge in [-0.2, -0.15) is 9.98 Å². The van der Waals surface area contributed by atoms with Gasteiger partial charge in [-0.05, 0) is 36.1 Å². The summed E-state index contributed by atoms with van der Waals surface area (Å²) < 4.78 is 69.3. The van der Waals surface area contributed by atoms with Crippen LogP contribution < -0.4 is 59.1 Å². The van der Waals surface area contributed by atoms with Crippen LogP contribution in [0.25, 0.3) is 6.08 Å². The fourth-order valence-electron chi connectivity index (χ4n) is 2.91. The maximum Gasteiger partial charge on any atom is 1.00 e. The van der Waals surface area contributed by atoms with E-state index >= 15 is 0 Å². The summed E-state index contributed by atoms with van der Waals surface area (Å²) in [6.07, 6.45) is 3.71. The Morgan fingerprint density at radius 1 is 1.00 bits per heavy atom. The Labute approximate surface area is 229 Å². The Balaban J connectivity index is 0.00000420. The smallest absolute Gasteiger partial charge is 0.747 e. The molecule has 14 heteroatoms. The Morgan fingerprint density at radius 2 is 1.50 bits per heavy atom. The van der Waals surface area contributed by atoms with Gasteiger partial charge in [-0.3, -0.25) is 0 Å². The maximum atomic E-state index is 12.1. The molecule has 0 heterocycles. The van der Waals surface area contributed by atoms with Crippen molar-refractivity contribution in [3.8, 4) is 0 Å². The minimum absolute atomic E-state index is 0. The molecule has 1 aromatic carbocycles. The third-order valence-electron chi connectivity index (χ3n) is 4.21. The zero-order chi connectivity index (χ0) is 21.1. The summed E-state index contributed by atoms with van der Waals surface area (Å²) in [6.45, 7) is 0. The van der Waals surface area contributed by atoms with Gasteiger partial charge in [0.15, 0.2) is 9.74 Å². The fraction of sp³-hybridized carbons (Fsp3) is 0.250. The van der Waals surface area contributed by atoms with E-state index in [4.69, 9.17) is 0 Å². The van der Waals surface area contributed by atoms with E-state index in [0.29, 0.717) is 5.56 Å². The molecule has 0 fully saturated rings. The summed E-state index contributed by atoms with van der Waals surface area (Å²) in [5.41, 5.74) is -1.39. The summed E-state index contributed by atoms with van der Waals surface area (Å²) in [5.74, 6) is -1.59. The van der Waals surface area contributed by atoms with Gasteiger partial charge in [0.2, 0.25) is 0 Å². The van der Waals surface area contributed by atoms with Gasteiger partial charge in [-0.25, -0.2) is 16.8 Å². The monoisotopic (exact) mass is 502 g/mol. The molecule has 1 unspecified atom stereocenters. The number of allylic oxidation sites excluding steroid dienone is 2. The standard InChI is InChI=1S/C16H14N2O6S4.2Na/c19-27(20,21)16(28(22,23)24)10-15(17-11-25,18-12-26)9-8-14(16)7-6-13-4-2-1-3-5-13;;/h1-9,14H,10H2,(H,19,20,21)(H,22,23,24);;/q;2*+1/p-2. The molecule has 0 radical (unpaired) electrons. The zero-order valence-corrected chi connectivity index (χ0v) is 23.2. The second-order valence-corrected chi connectivity index (χ2v) is 9.73. The van der Waals surface area contributed by atoms with E-state index in [0.717, 1.165) is 12.2 Å². The second kappa shape index (κ2) is 11.8. The van der Waals surface area contributed by atoms with E-state index in [1.807, 2.05) is 10.3 Å². The van der Waals surface area contributed by atoms with Crippen molar-refractivity contribution >= 4 is 61.1 Å². The Bertz CT molecular complexity index is 1070. The van der Waals surface area contributed by atoms with Crippen LogP contribution in [-0.2, 0) is 20.2 Å². The number of isothiocyanates is 2. The van der Waals surface area contributed by atoms with Gasteiger partial charge in [0, 0.05) is 12.3 Å². The quantitative estimate of drug-likeness (QED) is 0.126. The molecule has 2 rings (SSSR count). The third kappa shape index (κ3) is 6.34. The molecular formula is C16H12N2Na2O6S4. The number of thiocarbonyl (C=S) groups is 2. The molecule has 0 saturated carbocycles. The average Bonchev–Trinajstić information content (AvgIpc) is 2.60. The van der Waals surface area contributed by atoms with Gasteiger partial charge >= 0.3 is 59.1 Å². The molecule has 0 aliphatic heterocycles. The molecule has 30 heavy (non-hydrogen) atoms. The molecule has 1 aliphatic rings. The number of benzene rings is 1. The molecule has 8 nitrogen and oxygen atoms in total. The SMILES string of the molecule is O=S(=O)([O-])C1(S(=O)(=O)[O-])CC(N=C=S)(N=C=S)C=CC1C=Cc1ccccc1.[Na+].[Na+]. The largest absolute Gasteiger partial charge is 1.00 e. The van der Waals surface area contributed by atoms with E-state index in [-0.39, 0.29) is 59.1 Å². The van der Waals surface area contributed by atoms with Crippen molar-refractivity contribution in [2.24, 2.45) is 15.9 Å². The zero-order valence-electron chi connectivity index (χ0n) is 16.0. The number of hydrogen-bond donors (Lipinski definition) is 0. The molecule has 1 atom stereocenters. The van der Waals surface area contributed by atoms with Gasteiger partial charge in [-0.15, -0.1) is 0 Å². The second-order valence-electron chi connectivity index (χ2n) is 5.84. The molecule has 0 saturated heterocycles. The van der Waals surface area contributed by atoms with Crippen molar-refractivity contribution in [1.29, 1.82) is 0 Å². The fourth-order valence-corrected chi connectivity index (χ4v) is 5.98. The predicted octanol–water partition coefficient (Wildman–Crippen LogP) is -4.03. The molecule has 0 amide bonds. The molecule has 0 N–H and O–H groups in total. The van der Waals surface area contributed by atoms with Crippen LogP contribution in [0.2, 0.25) is 0 Å². The molecule has 148 valence electrons. The Kier molecular flexibility index (Phi) is 11.9. The predicted molar refractivity (Wildman–Crippen MR) is 108 cm³/mol. The van der Waals surface area contributed by atoms with E-state index < -0.39 is 42.3 Å². The summed E-state index contributed by atoms with van der Waals surface area (Å²) in [5, 5.41) is 3.88. The summed E-state index contributed by atoms with van der Waals surface area (Å²) in [4.78, 5) is 7.26. The van der Waals surface area contributed by atoms with Crippen LogP contribution in [0.4, 0.5) is 0 Å². The van der Waals surface area contributed by atoms with Crippen LogP contribution in [0, 0.1) is 5.92 Å². The average molecular weight is 503 g/mol. The normalized spacial score (nSPS) is 22.7. The van der Waals surface area contributed by atoms with Gasteiger partial charge in [0.1, 0.15) is 20.2 Å². The first kappa shape index (κ1) is 30.1. The van der Waals surface area contributed by atoms with Crippen LogP contribution >= 0.6 is 24.4 Å². The van der Waals surface area contributed by atoms with Gasteiger partial charge < -0.3 is 9.11 Å². The van der Waals surface area contributed by atoms with Crippen molar-refractivity contribution < 1.29 is 85.1 Å². The summed E-state index contributed by atoms with van der Waals surface area (Å²) >= 11 is 8.97. The number of nitrogens with zero attached hydrogens (tertiary/aromatic N) is 2. The van der Waals surface area contributed by atoms with Crippen LogP contribution in [0.15, 0.2) is 58.5 Å². The first-order valence-corrected chi connectivity index (χ1v) is 11.2. The first-order valence-electron chi connectivity index (χ1n) is 7.53. The van der Waals surface area contributed by atoms with Crippen molar-refractivity contribution in [3.63, 3.8) is 0 Å². The number of hydrogen-bond acceptors (Lipinski definition) is 10. The van der Waals surface area contributed by atoms with E-state index in [2.05, 4.69) is 34.4 Å². The topological polar surface area (TPSA) is 139 Å².